The molecule has 1 fully saturated rings. The van der Waals surface area contributed by atoms with Gasteiger partial charge in [0.2, 0.25) is 0 Å². The van der Waals surface area contributed by atoms with Gasteiger partial charge in [0, 0.05) is 24.8 Å². The van der Waals surface area contributed by atoms with Crippen LogP contribution >= 0.6 is 23.4 Å². The lowest BCUT2D eigenvalue weighted by atomic mass is 9.95. The van der Waals surface area contributed by atoms with Gasteiger partial charge in [-0.1, -0.05) is 23.7 Å². The number of aryl methyl sites for hydroxylation is 2. The van der Waals surface area contributed by atoms with Crippen LogP contribution in [0.5, 0.6) is 11.6 Å². The number of nitrogens with zero attached hydrogens (tertiary/aromatic N) is 3. The van der Waals surface area contributed by atoms with Crippen LogP contribution in [0.15, 0.2) is 30.5 Å². The maximum Gasteiger partial charge on any atom is 0.422 e. The van der Waals surface area contributed by atoms with Crippen LogP contribution in [-0.4, -0.2) is 57.4 Å². The molecule has 3 heterocycles. The van der Waals surface area contributed by atoms with Crippen LogP contribution in [-0.2, 0) is 7.05 Å². The first-order valence-electron chi connectivity index (χ1n) is 11.1. The Balaban J connectivity index is 0.000000214. The Hall–Kier alpha value is -2.66. The summed E-state index contributed by atoms with van der Waals surface area (Å²) < 4.78 is 46.7. The second-order valence-electron chi connectivity index (χ2n) is 8.63. The molecule has 1 saturated heterocycles. The molecule has 3 aromatic rings. The van der Waals surface area contributed by atoms with Crippen LogP contribution in [0.1, 0.15) is 35.9 Å². The second kappa shape index (κ2) is 11.6. The summed E-state index contributed by atoms with van der Waals surface area (Å²) in [6, 6.07) is 7.19. The van der Waals surface area contributed by atoms with Gasteiger partial charge in [0.15, 0.2) is 18.2 Å². The third-order valence-corrected chi connectivity index (χ3v) is 6.87. The van der Waals surface area contributed by atoms with Crippen molar-refractivity contribution in [2.45, 2.75) is 38.4 Å². The lowest BCUT2D eigenvalue weighted by Gasteiger charge is -2.34. The molecule has 0 atom stereocenters. The van der Waals surface area contributed by atoms with Crippen molar-refractivity contribution in [2.24, 2.45) is 7.05 Å². The van der Waals surface area contributed by atoms with Crippen molar-refractivity contribution in [1.29, 1.82) is 0 Å². The summed E-state index contributed by atoms with van der Waals surface area (Å²) in [6.45, 7) is 2.77. The van der Waals surface area contributed by atoms with Crippen molar-refractivity contribution in [3.8, 4) is 11.6 Å². The number of hydrogen-bond acceptors (Lipinski definition) is 6. The van der Waals surface area contributed by atoms with E-state index < -0.39 is 12.8 Å². The fourth-order valence-electron chi connectivity index (χ4n) is 3.77. The molecule has 196 valence electrons. The number of rotatable bonds is 5. The Bertz CT molecular complexity index is 1210. The quantitative estimate of drug-likeness (QED) is 0.452. The van der Waals surface area contributed by atoms with Gasteiger partial charge < -0.3 is 19.4 Å². The molecule has 1 amide bonds. The predicted octanol–water partition coefficient (Wildman–Crippen LogP) is 5.58. The Morgan fingerprint density at radius 1 is 1.31 bits per heavy atom. The van der Waals surface area contributed by atoms with Crippen molar-refractivity contribution in [1.82, 2.24) is 19.9 Å². The number of halogens is 4. The normalized spacial score (nSPS) is 15.1. The zero-order valence-corrected chi connectivity index (χ0v) is 22.0. The maximum atomic E-state index is 12.6. The molecule has 12 heteroatoms. The molecule has 0 bridgehead atoms. The number of fused-ring (bicyclic) bond motifs is 1. The molecule has 7 nitrogen and oxygen atoms in total. The van der Waals surface area contributed by atoms with E-state index in [0.29, 0.717) is 5.82 Å². The summed E-state index contributed by atoms with van der Waals surface area (Å²) in [5.74, 6) is 2.48. The molecule has 4 rings (SSSR count). The van der Waals surface area contributed by atoms with Crippen molar-refractivity contribution in [3.05, 3.63) is 46.9 Å². The van der Waals surface area contributed by atoms with Gasteiger partial charge in [-0.2, -0.15) is 24.9 Å². The number of amides is 1. The summed E-state index contributed by atoms with van der Waals surface area (Å²) in [5.41, 5.74) is 2.95. The number of aromatic nitrogens is 3. The van der Waals surface area contributed by atoms with E-state index in [9.17, 15) is 18.0 Å². The lowest BCUT2D eigenvalue weighted by Crippen LogP contribution is -2.48. The Morgan fingerprint density at radius 2 is 2.00 bits per heavy atom. The first-order valence-corrected chi connectivity index (χ1v) is 12.7. The van der Waals surface area contributed by atoms with Gasteiger partial charge >= 0.3 is 6.18 Å². The number of imidazole rings is 1. The van der Waals surface area contributed by atoms with Gasteiger partial charge in [0.1, 0.15) is 0 Å². The number of para-hydroxylation sites is 1. The highest BCUT2D eigenvalue weighted by Crippen LogP contribution is 2.29. The molecule has 2 aromatic heterocycles. The number of ether oxygens (including phenoxy) is 2. The number of nitrogens with one attached hydrogen (secondary N) is 1. The van der Waals surface area contributed by atoms with Gasteiger partial charge in [-0.05, 0) is 49.8 Å². The summed E-state index contributed by atoms with van der Waals surface area (Å²) in [5, 5.41) is 3.37. The number of methoxy groups -OCH3 is 1. The highest BCUT2D eigenvalue weighted by atomic mass is 35.5. The van der Waals surface area contributed by atoms with Gasteiger partial charge in [0.05, 0.1) is 23.2 Å². The molecule has 1 aromatic carbocycles. The standard InChI is InChI=1S/C16H21N3OS.C8H7ClF3NO2/c1-11-5-4-6-12-13(11)19(3)14(17-12)15(20)18-16(2)7-9-21-10-8-16;1-14-7-6(2-5(9)3-13-7)15-4-8(10,11)12/h4-6H,7-10H2,1-3H3,(H,18,20);2-3H,4H2,1H3. The van der Waals surface area contributed by atoms with Gasteiger partial charge in [0.25, 0.3) is 11.8 Å². The third kappa shape index (κ3) is 7.19. The van der Waals surface area contributed by atoms with Crippen LogP contribution in [0.3, 0.4) is 0 Å². The molecule has 0 unspecified atom stereocenters. The highest BCUT2D eigenvalue weighted by Gasteiger charge is 2.31. The van der Waals surface area contributed by atoms with Crippen molar-refractivity contribution in [2.75, 3.05) is 25.2 Å². The number of hydrogen-bond donors (Lipinski definition) is 1. The molecule has 0 aliphatic carbocycles. The number of alkyl halides is 3. The number of pyridine rings is 1. The molecular weight excluding hydrogens is 517 g/mol. The fourth-order valence-corrected chi connectivity index (χ4v) is 5.31. The van der Waals surface area contributed by atoms with Crippen LogP contribution in [0.2, 0.25) is 5.02 Å². The molecule has 0 saturated carbocycles. The van der Waals surface area contributed by atoms with Crippen molar-refractivity contribution >= 4 is 40.3 Å². The Labute approximate surface area is 216 Å². The molecule has 36 heavy (non-hydrogen) atoms. The highest BCUT2D eigenvalue weighted by molar-refractivity contribution is 7.99. The average Bonchev–Trinajstić information content (AvgIpc) is 3.16. The minimum absolute atomic E-state index is 0.0383. The SMILES string of the molecule is COc1ncc(Cl)cc1OCC(F)(F)F.Cc1cccc2nc(C(=O)NC3(C)CCSCC3)n(C)c12. The second-order valence-corrected chi connectivity index (χ2v) is 10.3. The van der Waals surface area contributed by atoms with Crippen molar-refractivity contribution < 1.29 is 27.4 Å². The summed E-state index contributed by atoms with van der Waals surface area (Å²) >= 11 is 7.50. The Kier molecular flexibility index (Phi) is 8.99. The van der Waals surface area contributed by atoms with E-state index in [1.807, 2.05) is 48.5 Å². The van der Waals surface area contributed by atoms with E-state index in [2.05, 4.69) is 26.9 Å². The summed E-state index contributed by atoms with van der Waals surface area (Å²) in [6.07, 6.45) is -1.12. The summed E-state index contributed by atoms with van der Waals surface area (Å²) in [4.78, 5) is 20.8. The largest absolute Gasteiger partial charge is 0.478 e. The number of benzene rings is 1. The smallest absolute Gasteiger partial charge is 0.422 e. The van der Waals surface area contributed by atoms with E-state index in [1.54, 1.807) is 0 Å². The van der Waals surface area contributed by atoms with E-state index in [4.69, 9.17) is 16.3 Å². The van der Waals surface area contributed by atoms with Crippen LogP contribution in [0.25, 0.3) is 11.0 Å². The van der Waals surface area contributed by atoms with Crippen molar-refractivity contribution in [3.63, 3.8) is 0 Å². The number of carbonyl (C=O) groups is 1. The van der Waals surface area contributed by atoms with Crippen LogP contribution in [0, 0.1) is 6.92 Å². The zero-order chi connectivity index (χ0) is 26.5. The first kappa shape index (κ1) is 27.9. The fraction of sp³-hybridized carbons (Fsp3) is 0.458. The molecule has 0 spiro atoms. The van der Waals surface area contributed by atoms with Gasteiger partial charge in [-0.3, -0.25) is 4.79 Å². The minimum Gasteiger partial charge on any atom is -0.478 e. The minimum atomic E-state index is -4.41. The first-order chi connectivity index (χ1) is 16.9. The molecular formula is C24H28ClF3N4O3S. The topological polar surface area (TPSA) is 78.3 Å². The average molecular weight is 545 g/mol. The number of thioether (sulfide) groups is 1. The zero-order valence-electron chi connectivity index (χ0n) is 20.4. The summed E-state index contributed by atoms with van der Waals surface area (Å²) in [7, 11) is 3.19. The predicted molar refractivity (Wildman–Crippen MR) is 135 cm³/mol. The van der Waals surface area contributed by atoms with E-state index in [0.717, 1.165) is 40.9 Å². The number of carbonyl (C=O) groups excluding carboxylic acids is 1. The molecule has 0 radical (unpaired) electrons. The van der Waals surface area contributed by atoms with Crippen LogP contribution < -0.4 is 14.8 Å². The lowest BCUT2D eigenvalue weighted by molar-refractivity contribution is -0.153. The van der Waals surface area contributed by atoms with E-state index in [-0.39, 0.29) is 28.1 Å². The molecule has 1 aliphatic rings. The van der Waals surface area contributed by atoms with E-state index >= 15 is 0 Å². The maximum absolute atomic E-state index is 12.6. The van der Waals surface area contributed by atoms with Crippen LogP contribution in [0.4, 0.5) is 13.2 Å². The third-order valence-electron chi connectivity index (χ3n) is 5.68. The molecule has 1 aliphatic heterocycles. The van der Waals surface area contributed by atoms with E-state index in [1.165, 1.54) is 19.4 Å². The van der Waals surface area contributed by atoms with Gasteiger partial charge in [-0.15, -0.1) is 0 Å². The van der Waals surface area contributed by atoms with Gasteiger partial charge in [-0.25, -0.2) is 9.97 Å². The molecule has 1 N–H and O–H groups in total. The monoisotopic (exact) mass is 544 g/mol. The Morgan fingerprint density at radius 3 is 2.61 bits per heavy atom.